The minimum Gasteiger partial charge on any atom is -0.484 e. The van der Waals surface area contributed by atoms with Gasteiger partial charge in [0.05, 0.1) is 5.92 Å². The van der Waals surface area contributed by atoms with Gasteiger partial charge in [0.1, 0.15) is 5.75 Å². The molecule has 0 radical (unpaired) electrons. The second-order valence-corrected chi connectivity index (χ2v) is 9.26. The second kappa shape index (κ2) is 11.1. The summed E-state index contributed by atoms with van der Waals surface area (Å²) in [6.07, 6.45) is 0.177. The molecular weight excluding hydrogens is 454 g/mol. The first kappa shape index (κ1) is 25.0. The third kappa shape index (κ3) is 6.30. The van der Waals surface area contributed by atoms with Crippen LogP contribution in [0.15, 0.2) is 66.7 Å². The summed E-state index contributed by atoms with van der Waals surface area (Å²) in [7, 11) is 0. The van der Waals surface area contributed by atoms with Crippen molar-refractivity contribution in [2.24, 2.45) is 5.92 Å². The van der Waals surface area contributed by atoms with E-state index >= 15 is 0 Å². The maximum atomic E-state index is 12.7. The zero-order valence-corrected chi connectivity index (χ0v) is 20.8. The highest BCUT2D eigenvalue weighted by molar-refractivity contribution is 6.00. The number of hydrogen-bond donors (Lipinski definition) is 2. The quantitative estimate of drug-likeness (QED) is 0.498. The lowest BCUT2D eigenvalue weighted by molar-refractivity contribution is -0.126. The molecule has 1 saturated heterocycles. The van der Waals surface area contributed by atoms with Crippen molar-refractivity contribution >= 4 is 29.1 Å². The molecule has 2 N–H and O–H groups in total. The van der Waals surface area contributed by atoms with Gasteiger partial charge in [-0.2, -0.15) is 0 Å². The largest absolute Gasteiger partial charge is 0.484 e. The smallest absolute Gasteiger partial charge is 0.262 e. The Morgan fingerprint density at radius 3 is 2.36 bits per heavy atom. The Balaban J connectivity index is 1.28. The molecule has 1 atom stereocenters. The molecule has 3 aromatic rings. The summed E-state index contributed by atoms with van der Waals surface area (Å²) in [5.74, 6) is -0.338. The molecule has 0 aromatic heterocycles. The lowest BCUT2D eigenvalue weighted by Gasteiger charge is -2.17. The van der Waals surface area contributed by atoms with Crippen LogP contribution in [0.4, 0.5) is 11.4 Å². The lowest BCUT2D eigenvalue weighted by Crippen LogP contribution is -2.32. The minimum absolute atomic E-state index is 0.0902. The van der Waals surface area contributed by atoms with Crippen molar-refractivity contribution in [2.45, 2.75) is 33.7 Å². The maximum absolute atomic E-state index is 12.7. The van der Waals surface area contributed by atoms with E-state index in [9.17, 15) is 14.4 Å². The van der Waals surface area contributed by atoms with E-state index in [2.05, 4.69) is 10.6 Å². The van der Waals surface area contributed by atoms with Gasteiger partial charge in [-0.25, -0.2) is 0 Å². The Bertz CT molecular complexity index is 1250. The van der Waals surface area contributed by atoms with Crippen LogP contribution in [0.2, 0.25) is 0 Å². The predicted molar refractivity (Wildman–Crippen MR) is 140 cm³/mol. The van der Waals surface area contributed by atoms with Crippen LogP contribution in [0.5, 0.6) is 5.75 Å². The van der Waals surface area contributed by atoms with Crippen LogP contribution in [0.3, 0.4) is 0 Å². The SMILES string of the molecule is Cc1cc(C)cc(NC(=O)COc2ccc(N3C[C@H](C(=O)NCc4ccccc4C)CC3=O)cc2)c1. The third-order valence-corrected chi connectivity index (χ3v) is 6.23. The minimum atomic E-state index is -0.397. The van der Waals surface area contributed by atoms with Crippen LogP contribution in [0.1, 0.15) is 28.7 Å². The monoisotopic (exact) mass is 485 g/mol. The molecule has 3 aromatic carbocycles. The number of carbonyl (C=O) groups excluding carboxylic acids is 3. The molecule has 1 heterocycles. The van der Waals surface area contributed by atoms with E-state index < -0.39 is 5.92 Å². The van der Waals surface area contributed by atoms with Crippen molar-refractivity contribution in [3.63, 3.8) is 0 Å². The molecule has 0 saturated carbocycles. The van der Waals surface area contributed by atoms with E-state index in [1.165, 1.54) is 0 Å². The zero-order valence-electron chi connectivity index (χ0n) is 20.8. The lowest BCUT2D eigenvalue weighted by atomic mass is 10.1. The molecule has 1 fully saturated rings. The van der Waals surface area contributed by atoms with Crippen molar-refractivity contribution < 1.29 is 19.1 Å². The molecule has 7 heteroatoms. The Morgan fingerprint density at radius 2 is 1.67 bits per heavy atom. The normalized spacial score (nSPS) is 15.0. The van der Waals surface area contributed by atoms with Gasteiger partial charge in [0, 0.05) is 30.9 Å². The van der Waals surface area contributed by atoms with E-state index in [4.69, 9.17) is 4.74 Å². The Hall–Kier alpha value is -4.13. The molecule has 36 heavy (non-hydrogen) atoms. The summed E-state index contributed by atoms with van der Waals surface area (Å²) in [6, 6.07) is 20.7. The summed E-state index contributed by atoms with van der Waals surface area (Å²) < 4.78 is 5.61. The molecule has 0 aliphatic carbocycles. The summed E-state index contributed by atoms with van der Waals surface area (Å²) in [4.78, 5) is 39.2. The van der Waals surface area contributed by atoms with Crippen molar-refractivity contribution in [3.05, 3.63) is 89.0 Å². The Morgan fingerprint density at radius 1 is 0.972 bits per heavy atom. The van der Waals surface area contributed by atoms with E-state index in [1.54, 1.807) is 29.2 Å². The van der Waals surface area contributed by atoms with E-state index in [1.807, 2.05) is 63.2 Å². The molecule has 0 unspecified atom stereocenters. The molecule has 3 amide bonds. The highest BCUT2D eigenvalue weighted by Gasteiger charge is 2.35. The van der Waals surface area contributed by atoms with Gasteiger partial charge in [-0.05, 0) is 79.4 Å². The molecular formula is C29H31N3O4. The summed E-state index contributed by atoms with van der Waals surface area (Å²) in [6.45, 7) is 6.61. The highest BCUT2D eigenvalue weighted by atomic mass is 16.5. The van der Waals surface area contributed by atoms with Gasteiger partial charge in [0.2, 0.25) is 11.8 Å². The van der Waals surface area contributed by atoms with Crippen LogP contribution in [0, 0.1) is 26.7 Å². The van der Waals surface area contributed by atoms with Crippen molar-refractivity contribution in [2.75, 3.05) is 23.4 Å². The van der Waals surface area contributed by atoms with E-state index in [0.717, 1.165) is 27.9 Å². The van der Waals surface area contributed by atoms with Gasteiger partial charge in [-0.1, -0.05) is 30.3 Å². The average molecular weight is 486 g/mol. The third-order valence-electron chi connectivity index (χ3n) is 6.23. The van der Waals surface area contributed by atoms with Gasteiger partial charge in [0.25, 0.3) is 5.91 Å². The molecule has 4 rings (SSSR count). The first-order valence-electron chi connectivity index (χ1n) is 12.0. The van der Waals surface area contributed by atoms with Gasteiger partial charge >= 0.3 is 0 Å². The number of ether oxygens (including phenoxy) is 1. The Labute approximate surface area is 211 Å². The van der Waals surface area contributed by atoms with Gasteiger partial charge < -0.3 is 20.3 Å². The fourth-order valence-electron chi connectivity index (χ4n) is 4.38. The molecule has 1 aliphatic rings. The number of anilines is 2. The first-order chi connectivity index (χ1) is 17.3. The van der Waals surface area contributed by atoms with Crippen molar-refractivity contribution in [3.8, 4) is 5.75 Å². The number of aryl methyl sites for hydroxylation is 3. The molecule has 0 spiro atoms. The second-order valence-electron chi connectivity index (χ2n) is 9.26. The Kier molecular flexibility index (Phi) is 7.68. The number of carbonyl (C=O) groups is 3. The predicted octanol–water partition coefficient (Wildman–Crippen LogP) is 4.30. The number of amides is 3. The number of benzene rings is 3. The summed E-state index contributed by atoms with van der Waals surface area (Å²) >= 11 is 0. The molecule has 0 bridgehead atoms. The van der Waals surface area contributed by atoms with E-state index in [0.29, 0.717) is 24.5 Å². The summed E-state index contributed by atoms with van der Waals surface area (Å²) in [5.41, 5.74) is 5.76. The van der Waals surface area contributed by atoms with Gasteiger partial charge in [-0.15, -0.1) is 0 Å². The zero-order chi connectivity index (χ0) is 25.7. The average Bonchev–Trinajstić information content (AvgIpc) is 3.23. The molecule has 186 valence electrons. The first-order valence-corrected chi connectivity index (χ1v) is 12.0. The van der Waals surface area contributed by atoms with Crippen LogP contribution in [-0.2, 0) is 20.9 Å². The molecule has 1 aliphatic heterocycles. The fourth-order valence-corrected chi connectivity index (χ4v) is 4.38. The standard InChI is InChI=1S/C29H31N3O4/c1-19-12-20(2)14-24(13-19)31-27(33)18-36-26-10-8-25(9-11-26)32-17-23(15-28(32)34)29(35)30-16-22-7-5-4-6-21(22)3/h4-14,23H,15-18H2,1-3H3,(H,30,35)(H,31,33)/t23-/m1/s1. The van der Waals surface area contributed by atoms with Crippen LogP contribution < -0.4 is 20.3 Å². The van der Waals surface area contributed by atoms with Crippen LogP contribution in [0.25, 0.3) is 0 Å². The maximum Gasteiger partial charge on any atom is 0.262 e. The topological polar surface area (TPSA) is 87.7 Å². The summed E-state index contributed by atoms with van der Waals surface area (Å²) in [5, 5.41) is 5.80. The van der Waals surface area contributed by atoms with Gasteiger partial charge in [-0.3, -0.25) is 14.4 Å². The number of rotatable bonds is 8. The van der Waals surface area contributed by atoms with Crippen LogP contribution >= 0.6 is 0 Å². The van der Waals surface area contributed by atoms with Crippen molar-refractivity contribution in [1.82, 2.24) is 5.32 Å². The number of nitrogens with one attached hydrogen (secondary N) is 2. The fraction of sp³-hybridized carbons (Fsp3) is 0.276. The molecule has 7 nitrogen and oxygen atoms in total. The van der Waals surface area contributed by atoms with Crippen molar-refractivity contribution in [1.29, 1.82) is 0 Å². The number of nitrogens with zero attached hydrogens (tertiary/aromatic N) is 1. The van der Waals surface area contributed by atoms with Crippen LogP contribution in [-0.4, -0.2) is 30.9 Å². The van der Waals surface area contributed by atoms with E-state index in [-0.39, 0.29) is 30.7 Å². The van der Waals surface area contributed by atoms with Gasteiger partial charge in [0.15, 0.2) is 6.61 Å². The highest BCUT2D eigenvalue weighted by Crippen LogP contribution is 2.27. The number of hydrogen-bond acceptors (Lipinski definition) is 4.